The minimum atomic E-state index is -0.919. The summed E-state index contributed by atoms with van der Waals surface area (Å²) >= 11 is 0. The van der Waals surface area contributed by atoms with Crippen molar-refractivity contribution in [1.82, 2.24) is 29.9 Å². The number of β-amino-alcohol motifs (C(OH)–C–C–N with tert-alkyl or cyclic N) is 1. The van der Waals surface area contributed by atoms with E-state index >= 15 is 0 Å². The Morgan fingerprint density at radius 3 is 2.76 bits per heavy atom. The number of urea groups is 1. The molecule has 0 spiro atoms. The zero-order valence-corrected chi connectivity index (χ0v) is 20.2. The molecule has 0 bridgehead atoms. The van der Waals surface area contributed by atoms with Crippen molar-refractivity contribution in [3.8, 4) is 17.2 Å². The highest BCUT2D eigenvalue weighted by Crippen LogP contribution is 2.28. The Kier molecular flexibility index (Phi) is 6.66. The number of hydrogen-bond acceptors (Lipinski definition) is 8. The van der Waals surface area contributed by atoms with Gasteiger partial charge in [-0.3, -0.25) is 15.1 Å². The first kappa shape index (κ1) is 24.8. The minimum Gasteiger partial charge on any atom is -0.454 e. The first-order valence-electron chi connectivity index (χ1n) is 11.6. The number of halogens is 1. The third kappa shape index (κ3) is 5.73. The molecule has 3 aromatic heterocycles. The number of amides is 3. The van der Waals surface area contributed by atoms with Gasteiger partial charge in [-0.1, -0.05) is 5.21 Å². The Hall–Kier alpha value is -4.91. The fourth-order valence-electron chi connectivity index (χ4n) is 3.82. The molecular weight excluding hydrogens is 495 g/mol. The normalized spacial score (nSPS) is 16.8. The predicted molar refractivity (Wildman–Crippen MR) is 134 cm³/mol. The number of nitrogens with one attached hydrogen (secondary N) is 2. The van der Waals surface area contributed by atoms with Crippen molar-refractivity contribution >= 4 is 23.4 Å². The lowest BCUT2D eigenvalue weighted by molar-refractivity contribution is 0.0727. The summed E-state index contributed by atoms with van der Waals surface area (Å²) in [6, 6.07) is 10.0. The highest BCUT2D eigenvalue weighted by atomic mass is 19.1. The number of hydrogen-bond donors (Lipinski definition) is 3. The maximum absolute atomic E-state index is 14.8. The number of benzene rings is 1. The van der Waals surface area contributed by atoms with E-state index in [-0.39, 0.29) is 35.2 Å². The van der Waals surface area contributed by atoms with Gasteiger partial charge >= 0.3 is 6.03 Å². The number of pyridine rings is 2. The molecule has 4 heterocycles. The third-order valence-electron chi connectivity index (χ3n) is 5.76. The maximum atomic E-state index is 14.8. The first-order valence-corrected chi connectivity index (χ1v) is 11.6. The smallest absolute Gasteiger partial charge is 0.323 e. The number of aromatic nitrogens is 5. The van der Waals surface area contributed by atoms with Gasteiger partial charge in [0, 0.05) is 36.8 Å². The lowest BCUT2D eigenvalue weighted by Crippen LogP contribution is -2.36. The first-order chi connectivity index (χ1) is 18.3. The lowest BCUT2D eigenvalue weighted by Gasteiger charge is -2.19. The van der Waals surface area contributed by atoms with Crippen LogP contribution in [0.5, 0.6) is 11.5 Å². The molecule has 3 amide bonds. The second-order valence-corrected chi connectivity index (χ2v) is 8.94. The van der Waals surface area contributed by atoms with Crippen LogP contribution < -0.4 is 15.4 Å². The molecule has 12 nitrogen and oxygen atoms in total. The molecule has 13 heteroatoms. The van der Waals surface area contributed by atoms with E-state index in [4.69, 9.17) is 4.74 Å². The van der Waals surface area contributed by atoms with Crippen molar-refractivity contribution in [3.63, 3.8) is 0 Å². The van der Waals surface area contributed by atoms with Crippen molar-refractivity contribution in [2.24, 2.45) is 0 Å². The zero-order chi connectivity index (χ0) is 26.7. The van der Waals surface area contributed by atoms with Crippen LogP contribution in [-0.4, -0.2) is 65.6 Å². The Morgan fingerprint density at radius 2 is 2.03 bits per heavy atom. The molecule has 1 unspecified atom stereocenters. The monoisotopic (exact) mass is 518 g/mol. The van der Waals surface area contributed by atoms with E-state index < -0.39 is 23.4 Å². The van der Waals surface area contributed by atoms with Crippen LogP contribution in [-0.2, 0) is 0 Å². The van der Waals surface area contributed by atoms with E-state index in [9.17, 15) is 19.1 Å². The van der Waals surface area contributed by atoms with Crippen molar-refractivity contribution in [2.45, 2.75) is 18.9 Å². The second-order valence-electron chi connectivity index (χ2n) is 8.94. The van der Waals surface area contributed by atoms with Crippen molar-refractivity contribution in [1.29, 1.82) is 0 Å². The molecule has 1 fully saturated rings. The third-order valence-corrected chi connectivity index (χ3v) is 5.76. The quantitative estimate of drug-likeness (QED) is 0.353. The number of aliphatic hydroxyl groups is 1. The summed E-state index contributed by atoms with van der Waals surface area (Å²) < 4.78 is 21.8. The van der Waals surface area contributed by atoms with Gasteiger partial charge in [-0.15, -0.1) is 5.10 Å². The standard InChI is InChI=1S/C25H23FN8O4/c1-25(37)7-10-33(15-25)24(36)30-22-12-18(6-9-28-22)38-21-5-4-16(11-19(21)26)29-23(35)20-14-34(32-31-20)17-3-2-8-27-13-17/h2-6,8-9,11-14,37H,7,10,15H2,1H3,(H,29,35)(H,28,30,36). The van der Waals surface area contributed by atoms with Crippen LogP contribution in [0.1, 0.15) is 23.8 Å². The molecule has 0 aliphatic carbocycles. The predicted octanol–water partition coefficient (Wildman–Crippen LogP) is 3.23. The summed E-state index contributed by atoms with van der Waals surface area (Å²) in [5.74, 6) is -0.926. The molecule has 1 atom stereocenters. The Balaban J connectivity index is 1.21. The number of carbonyl (C=O) groups excluding carboxylic acids is 2. The van der Waals surface area contributed by atoms with Crippen molar-refractivity contribution < 1.29 is 23.8 Å². The topological polar surface area (TPSA) is 147 Å². The zero-order valence-electron chi connectivity index (χ0n) is 20.2. The molecular formula is C25H23FN8O4. The van der Waals surface area contributed by atoms with Gasteiger partial charge in [0.15, 0.2) is 17.3 Å². The number of likely N-dealkylation sites (tertiary alicyclic amines) is 1. The van der Waals surface area contributed by atoms with Crippen LogP contribution in [0.4, 0.5) is 20.7 Å². The Morgan fingerprint density at radius 1 is 1.16 bits per heavy atom. The molecule has 1 aromatic carbocycles. The summed E-state index contributed by atoms with van der Waals surface area (Å²) in [5.41, 5.74) is -0.0508. The number of anilines is 2. The number of nitrogens with zero attached hydrogens (tertiary/aromatic N) is 6. The molecule has 1 aliphatic heterocycles. The molecule has 194 valence electrons. The van der Waals surface area contributed by atoms with Crippen LogP contribution in [0.25, 0.3) is 5.69 Å². The van der Waals surface area contributed by atoms with Crippen LogP contribution in [0.15, 0.2) is 67.3 Å². The molecule has 5 rings (SSSR count). The summed E-state index contributed by atoms with van der Waals surface area (Å²) in [6.45, 7) is 2.31. The molecule has 38 heavy (non-hydrogen) atoms. The van der Waals surface area contributed by atoms with Gasteiger partial charge in [0.25, 0.3) is 5.91 Å². The number of rotatable bonds is 6. The molecule has 4 aromatic rings. The fraction of sp³-hybridized carbons (Fsp3) is 0.200. The summed E-state index contributed by atoms with van der Waals surface area (Å²) in [7, 11) is 0. The maximum Gasteiger partial charge on any atom is 0.323 e. The van der Waals surface area contributed by atoms with E-state index in [1.807, 2.05) is 0 Å². The van der Waals surface area contributed by atoms with Gasteiger partial charge in [0.05, 0.1) is 30.2 Å². The molecule has 1 saturated heterocycles. The van der Waals surface area contributed by atoms with Gasteiger partial charge in [-0.25, -0.2) is 18.9 Å². The van der Waals surface area contributed by atoms with Crippen molar-refractivity contribution in [2.75, 3.05) is 23.7 Å². The van der Waals surface area contributed by atoms with Crippen LogP contribution in [0.2, 0.25) is 0 Å². The molecule has 0 saturated carbocycles. The second kappa shape index (κ2) is 10.2. The van der Waals surface area contributed by atoms with Crippen LogP contribution >= 0.6 is 0 Å². The van der Waals surface area contributed by atoms with Gasteiger partial charge in [-0.2, -0.15) is 0 Å². The Labute approximate surface area is 216 Å². The molecule has 3 N–H and O–H groups in total. The van der Waals surface area contributed by atoms with Gasteiger partial charge in [0.1, 0.15) is 11.6 Å². The highest BCUT2D eigenvalue weighted by molar-refractivity contribution is 6.02. The van der Waals surface area contributed by atoms with E-state index in [1.165, 1.54) is 46.2 Å². The average molecular weight is 519 g/mol. The molecule has 1 aliphatic rings. The lowest BCUT2D eigenvalue weighted by atomic mass is 10.1. The van der Waals surface area contributed by atoms with Crippen molar-refractivity contribution in [3.05, 3.63) is 78.8 Å². The number of carbonyl (C=O) groups is 2. The van der Waals surface area contributed by atoms with E-state index in [0.29, 0.717) is 18.7 Å². The summed E-state index contributed by atoms with van der Waals surface area (Å²) in [5, 5.41) is 23.0. The van der Waals surface area contributed by atoms with E-state index in [2.05, 4.69) is 30.9 Å². The van der Waals surface area contributed by atoms with Gasteiger partial charge in [-0.05, 0) is 43.7 Å². The molecule has 0 radical (unpaired) electrons. The largest absolute Gasteiger partial charge is 0.454 e. The summed E-state index contributed by atoms with van der Waals surface area (Å²) in [6.07, 6.45) is 6.52. The fourth-order valence-corrected chi connectivity index (χ4v) is 3.82. The van der Waals surface area contributed by atoms with Crippen LogP contribution in [0.3, 0.4) is 0 Å². The highest BCUT2D eigenvalue weighted by Gasteiger charge is 2.34. The van der Waals surface area contributed by atoms with Crippen LogP contribution in [0, 0.1) is 5.82 Å². The minimum absolute atomic E-state index is 0.0403. The van der Waals surface area contributed by atoms with E-state index in [1.54, 1.807) is 31.5 Å². The van der Waals surface area contributed by atoms with Gasteiger partial charge < -0.3 is 20.1 Å². The summed E-state index contributed by atoms with van der Waals surface area (Å²) in [4.78, 5) is 34.6. The number of ether oxygens (including phenoxy) is 1. The SMILES string of the molecule is CC1(O)CCN(C(=O)Nc2cc(Oc3ccc(NC(=O)c4cn(-c5cccnc5)nn4)cc3F)ccn2)C1. The Bertz CT molecular complexity index is 1480. The average Bonchev–Trinajstić information content (AvgIpc) is 3.53. The van der Waals surface area contributed by atoms with Gasteiger partial charge in [0.2, 0.25) is 0 Å². The van der Waals surface area contributed by atoms with E-state index in [0.717, 1.165) is 6.07 Å².